The van der Waals surface area contributed by atoms with E-state index in [1.807, 2.05) is 18.7 Å². The van der Waals surface area contributed by atoms with Gasteiger partial charge in [-0.05, 0) is 32.6 Å². The molecule has 0 amide bonds. The normalized spacial score (nSPS) is 23.2. The average Bonchev–Trinajstić information content (AvgIpc) is 2.86. The highest BCUT2D eigenvalue weighted by Gasteiger charge is 2.29. The van der Waals surface area contributed by atoms with Crippen LogP contribution in [0.1, 0.15) is 37.7 Å². The zero-order chi connectivity index (χ0) is 13.8. The Morgan fingerprint density at radius 2 is 2.32 bits per heavy atom. The fourth-order valence-corrected chi connectivity index (χ4v) is 3.92. The van der Waals surface area contributed by atoms with E-state index in [-0.39, 0.29) is 5.56 Å². The Morgan fingerprint density at radius 1 is 1.53 bits per heavy atom. The first-order valence-electron chi connectivity index (χ1n) is 6.96. The minimum Gasteiger partial charge on any atom is -0.309 e. The molecule has 4 nitrogen and oxygen atoms in total. The number of aromatic amines is 1. The van der Waals surface area contributed by atoms with Crippen molar-refractivity contribution in [3.63, 3.8) is 0 Å². The van der Waals surface area contributed by atoms with Crippen LogP contribution in [0.2, 0.25) is 0 Å². The van der Waals surface area contributed by atoms with Gasteiger partial charge in [0.15, 0.2) is 0 Å². The summed E-state index contributed by atoms with van der Waals surface area (Å²) in [7, 11) is 2.14. The number of hydrogen-bond acceptors (Lipinski definition) is 4. The van der Waals surface area contributed by atoms with E-state index in [1.165, 1.54) is 19.3 Å². The van der Waals surface area contributed by atoms with Crippen LogP contribution in [-0.4, -0.2) is 39.5 Å². The Hall–Kier alpha value is -0.810. The van der Waals surface area contributed by atoms with Gasteiger partial charge in [-0.3, -0.25) is 9.69 Å². The summed E-state index contributed by atoms with van der Waals surface area (Å²) >= 11 is 1.96. The minimum atomic E-state index is -0.0388. The zero-order valence-electron chi connectivity index (χ0n) is 12.0. The van der Waals surface area contributed by atoms with Gasteiger partial charge in [0.25, 0.3) is 5.56 Å². The van der Waals surface area contributed by atoms with Gasteiger partial charge in [0.2, 0.25) is 0 Å². The van der Waals surface area contributed by atoms with E-state index < -0.39 is 0 Å². The molecule has 0 unspecified atom stereocenters. The molecule has 5 heteroatoms. The second kappa shape index (κ2) is 6.57. The Labute approximate surface area is 119 Å². The van der Waals surface area contributed by atoms with E-state index in [0.29, 0.717) is 11.3 Å². The molecule has 1 N–H and O–H groups in total. The lowest BCUT2D eigenvalue weighted by molar-refractivity contribution is 0.235. The number of aromatic nitrogens is 2. The van der Waals surface area contributed by atoms with Crippen LogP contribution in [0.4, 0.5) is 0 Å². The number of rotatable bonds is 5. The standard InChI is InChI=1S/C14H23N3OS/c1-4-10-8-14(18)16-13(15-10)9-17(2)11-6-5-7-12(11)19-3/h8,11-12H,4-7,9H2,1-3H3,(H,15,16,18)/t11-,12+/m1/s1. The summed E-state index contributed by atoms with van der Waals surface area (Å²) in [6.45, 7) is 2.75. The molecule has 0 aliphatic heterocycles. The Kier molecular flexibility index (Phi) is 5.05. The summed E-state index contributed by atoms with van der Waals surface area (Å²) in [5.41, 5.74) is 0.836. The van der Waals surface area contributed by atoms with Crippen LogP contribution in [0.15, 0.2) is 10.9 Å². The van der Waals surface area contributed by atoms with Crippen LogP contribution >= 0.6 is 11.8 Å². The lowest BCUT2D eigenvalue weighted by Gasteiger charge is -2.28. The third-order valence-electron chi connectivity index (χ3n) is 3.89. The van der Waals surface area contributed by atoms with Crippen LogP contribution in [0, 0.1) is 0 Å². The summed E-state index contributed by atoms with van der Waals surface area (Å²) in [5, 5.41) is 0.714. The predicted molar refractivity (Wildman–Crippen MR) is 80.6 cm³/mol. The molecule has 0 radical (unpaired) electrons. The van der Waals surface area contributed by atoms with Crippen LogP contribution in [0.5, 0.6) is 0 Å². The van der Waals surface area contributed by atoms with Crippen LogP contribution in [0.25, 0.3) is 0 Å². The summed E-state index contributed by atoms with van der Waals surface area (Å²) in [5.74, 6) is 0.790. The lowest BCUT2D eigenvalue weighted by atomic mass is 10.2. The van der Waals surface area contributed by atoms with Crippen LogP contribution in [0.3, 0.4) is 0 Å². The predicted octanol–water partition coefficient (Wildman–Crippen LogP) is 2.05. The molecule has 19 heavy (non-hydrogen) atoms. The Morgan fingerprint density at radius 3 is 3.00 bits per heavy atom. The molecule has 0 saturated heterocycles. The highest BCUT2D eigenvalue weighted by Crippen LogP contribution is 2.31. The molecule has 106 valence electrons. The molecule has 1 saturated carbocycles. The maximum absolute atomic E-state index is 11.6. The van der Waals surface area contributed by atoms with Crippen molar-refractivity contribution in [2.75, 3.05) is 13.3 Å². The first-order valence-corrected chi connectivity index (χ1v) is 8.25. The second-order valence-electron chi connectivity index (χ2n) is 5.22. The van der Waals surface area contributed by atoms with Gasteiger partial charge in [-0.2, -0.15) is 11.8 Å². The molecule has 0 bridgehead atoms. The summed E-state index contributed by atoms with van der Waals surface area (Å²) in [6, 6.07) is 2.19. The number of hydrogen-bond donors (Lipinski definition) is 1. The largest absolute Gasteiger partial charge is 0.309 e. The van der Waals surface area contributed by atoms with E-state index in [9.17, 15) is 4.79 Å². The third-order valence-corrected chi connectivity index (χ3v) is 5.05. The first kappa shape index (κ1) is 14.6. The zero-order valence-corrected chi connectivity index (χ0v) is 12.8. The van der Waals surface area contributed by atoms with Crippen LogP contribution in [-0.2, 0) is 13.0 Å². The van der Waals surface area contributed by atoms with Crippen molar-refractivity contribution in [2.45, 2.75) is 50.4 Å². The first-order chi connectivity index (χ1) is 9.13. The minimum absolute atomic E-state index is 0.0388. The van der Waals surface area contributed by atoms with Crippen molar-refractivity contribution < 1.29 is 0 Å². The van der Waals surface area contributed by atoms with Gasteiger partial charge in [0.05, 0.1) is 6.54 Å². The van der Waals surface area contributed by atoms with Crippen molar-refractivity contribution >= 4 is 11.8 Å². The maximum Gasteiger partial charge on any atom is 0.251 e. The highest BCUT2D eigenvalue weighted by atomic mass is 32.2. The molecule has 1 aliphatic rings. The second-order valence-corrected chi connectivity index (χ2v) is 6.30. The molecule has 0 spiro atoms. The van der Waals surface area contributed by atoms with Crippen molar-refractivity contribution in [1.82, 2.24) is 14.9 Å². The van der Waals surface area contributed by atoms with Crippen LogP contribution < -0.4 is 5.56 Å². The number of nitrogens with one attached hydrogen (secondary N) is 1. The number of H-pyrrole nitrogens is 1. The van der Waals surface area contributed by atoms with Crippen molar-refractivity contribution in [3.8, 4) is 0 Å². The molecule has 1 aliphatic carbocycles. The monoisotopic (exact) mass is 281 g/mol. The maximum atomic E-state index is 11.6. The van der Waals surface area contributed by atoms with Crippen molar-refractivity contribution in [3.05, 3.63) is 27.9 Å². The number of aryl methyl sites for hydroxylation is 1. The van der Waals surface area contributed by atoms with E-state index in [2.05, 4.69) is 28.2 Å². The Balaban J connectivity index is 2.08. The fourth-order valence-electron chi connectivity index (χ4n) is 2.86. The van der Waals surface area contributed by atoms with E-state index in [1.54, 1.807) is 6.07 Å². The lowest BCUT2D eigenvalue weighted by Crippen LogP contribution is -2.36. The molecule has 1 fully saturated rings. The molecule has 1 aromatic heterocycles. The van der Waals surface area contributed by atoms with Gasteiger partial charge in [0, 0.05) is 23.1 Å². The summed E-state index contributed by atoms with van der Waals surface area (Å²) in [6.07, 6.45) is 6.85. The van der Waals surface area contributed by atoms with Gasteiger partial charge in [-0.15, -0.1) is 0 Å². The number of thioether (sulfide) groups is 1. The van der Waals surface area contributed by atoms with Gasteiger partial charge in [-0.1, -0.05) is 13.3 Å². The molecule has 2 rings (SSSR count). The van der Waals surface area contributed by atoms with E-state index >= 15 is 0 Å². The summed E-state index contributed by atoms with van der Waals surface area (Å²) in [4.78, 5) is 21.3. The molecular weight excluding hydrogens is 258 g/mol. The van der Waals surface area contributed by atoms with Crippen molar-refractivity contribution in [1.29, 1.82) is 0 Å². The SMILES string of the molecule is CCc1cc(=O)[nH]c(CN(C)[C@@H]2CCC[C@@H]2SC)n1. The van der Waals surface area contributed by atoms with E-state index in [4.69, 9.17) is 0 Å². The van der Waals surface area contributed by atoms with Gasteiger partial charge >= 0.3 is 0 Å². The molecule has 1 heterocycles. The highest BCUT2D eigenvalue weighted by molar-refractivity contribution is 7.99. The molecule has 2 atom stereocenters. The average molecular weight is 281 g/mol. The van der Waals surface area contributed by atoms with Gasteiger partial charge in [-0.25, -0.2) is 4.98 Å². The quantitative estimate of drug-likeness (QED) is 0.897. The molecule has 0 aromatic carbocycles. The van der Waals surface area contributed by atoms with Gasteiger partial charge in [0.1, 0.15) is 5.82 Å². The molecular formula is C14H23N3OS. The Bertz CT molecular complexity index is 474. The topological polar surface area (TPSA) is 49.0 Å². The fraction of sp³-hybridized carbons (Fsp3) is 0.714. The number of nitrogens with zero attached hydrogens (tertiary/aromatic N) is 2. The van der Waals surface area contributed by atoms with Gasteiger partial charge < -0.3 is 4.98 Å². The van der Waals surface area contributed by atoms with E-state index in [0.717, 1.165) is 24.5 Å². The molecule has 1 aromatic rings. The third kappa shape index (κ3) is 3.60. The smallest absolute Gasteiger partial charge is 0.251 e. The van der Waals surface area contributed by atoms with Crippen molar-refractivity contribution in [2.24, 2.45) is 0 Å². The summed E-state index contributed by atoms with van der Waals surface area (Å²) < 4.78 is 0.